The van der Waals surface area contributed by atoms with Crippen molar-refractivity contribution >= 4 is 17.6 Å². The van der Waals surface area contributed by atoms with Crippen molar-refractivity contribution < 1.29 is 9.90 Å². The molecule has 1 atom stereocenters. The summed E-state index contributed by atoms with van der Waals surface area (Å²) in [6.07, 6.45) is 1.90. The van der Waals surface area contributed by atoms with Crippen molar-refractivity contribution in [2.24, 2.45) is 0 Å². The molecule has 1 aromatic rings. The first kappa shape index (κ1) is 12.8. The summed E-state index contributed by atoms with van der Waals surface area (Å²) in [5, 5.41) is 13.2. The number of amides is 2. The lowest BCUT2D eigenvalue weighted by Gasteiger charge is -2.31. The Bertz CT molecular complexity index is 514. The lowest BCUT2D eigenvalue weighted by Crippen LogP contribution is -2.44. The Labute approximate surface area is 111 Å². The molecule has 5 heteroatoms. The van der Waals surface area contributed by atoms with Crippen LogP contribution in [-0.2, 0) is 0 Å². The number of rotatable bonds is 2. The maximum atomic E-state index is 11.9. The fourth-order valence-electron chi connectivity index (χ4n) is 2.08. The number of hydrogen-bond acceptors (Lipinski definition) is 2. The van der Waals surface area contributed by atoms with E-state index in [0.29, 0.717) is 17.1 Å². The molecule has 1 aliphatic rings. The molecule has 0 radical (unpaired) electrons. The summed E-state index contributed by atoms with van der Waals surface area (Å²) < 4.78 is 0. The van der Waals surface area contributed by atoms with Crippen molar-refractivity contribution in [3.05, 3.63) is 40.6 Å². The van der Waals surface area contributed by atoms with Crippen LogP contribution in [-0.4, -0.2) is 22.6 Å². The second kappa shape index (κ2) is 4.90. The van der Waals surface area contributed by atoms with E-state index in [1.807, 2.05) is 19.9 Å². The zero-order valence-corrected chi connectivity index (χ0v) is 11.0. The van der Waals surface area contributed by atoms with Gasteiger partial charge in [-0.25, -0.2) is 4.79 Å². The number of phenolic OH excluding ortho intramolecular Hbond substituents is 1. The molecule has 0 saturated carbocycles. The summed E-state index contributed by atoms with van der Waals surface area (Å²) >= 11 is 5.91. The van der Waals surface area contributed by atoms with E-state index >= 15 is 0 Å². The number of aromatic hydroxyl groups is 1. The average molecular weight is 267 g/mol. The normalized spacial score (nSPS) is 19.5. The molecule has 0 aromatic heterocycles. The second-order valence-corrected chi connectivity index (χ2v) is 4.62. The zero-order valence-electron chi connectivity index (χ0n) is 10.3. The van der Waals surface area contributed by atoms with Gasteiger partial charge in [0.05, 0.1) is 6.04 Å². The van der Waals surface area contributed by atoms with Crippen LogP contribution in [0, 0.1) is 0 Å². The van der Waals surface area contributed by atoms with E-state index in [0.717, 1.165) is 5.70 Å². The predicted octanol–water partition coefficient (Wildman–Crippen LogP) is 3.04. The highest BCUT2D eigenvalue weighted by atomic mass is 35.5. The number of halogens is 1. The van der Waals surface area contributed by atoms with E-state index in [2.05, 4.69) is 5.32 Å². The lowest BCUT2D eigenvalue weighted by atomic mass is 10.0. The van der Waals surface area contributed by atoms with Gasteiger partial charge in [0.1, 0.15) is 5.75 Å². The fourth-order valence-corrected chi connectivity index (χ4v) is 2.26. The molecular weight excluding hydrogens is 252 g/mol. The molecule has 0 saturated heterocycles. The number of allylic oxidation sites excluding steroid dienone is 1. The topological polar surface area (TPSA) is 52.6 Å². The molecule has 0 bridgehead atoms. The number of benzene rings is 1. The third-order valence-electron chi connectivity index (χ3n) is 3.00. The molecule has 18 heavy (non-hydrogen) atoms. The Balaban J connectivity index is 2.38. The van der Waals surface area contributed by atoms with Gasteiger partial charge >= 0.3 is 6.03 Å². The van der Waals surface area contributed by atoms with E-state index in [9.17, 15) is 9.90 Å². The minimum absolute atomic E-state index is 0.124. The van der Waals surface area contributed by atoms with Crippen LogP contribution in [0.4, 0.5) is 4.79 Å². The minimum Gasteiger partial charge on any atom is -0.508 e. The van der Waals surface area contributed by atoms with Gasteiger partial charge in [-0.2, -0.15) is 0 Å². The first-order valence-corrected chi connectivity index (χ1v) is 6.15. The summed E-state index contributed by atoms with van der Waals surface area (Å²) in [7, 11) is 0. The van der Waals surface area contributed by atoms with E-state index in [4.69, 9.17) is 11.6 Å². The Morgan fingerprint density at radius 1 is 1.50 bits per heavy atom. The maximum Gasteiger partial charge on any atom is 0.322 e. The summed E-state index contributed by atoms with van der Waals surface area (Å²) in [4.78, 5) is 13.5. The molecule has 2 N–H and O–H groups in total. The van der Waals surface area contributed by atoms with Gasteiger partial charge < -0.3 is 10.4 Å². The standard InChI is InChI=1S/C13H15ClN2O2/c1-3-16-8(2)6-11(15-13(16)18)10-7-9(14)4-5-12(10)17/h4-7,11,17H,3H2,1-2H3,(H,15,18). The van der Waals surface area contributed by atoms with Crippen LogP contribution in [0.2, 0.25) is 5.02 Å². The highest BCUT2D eigenvalue weighted by Gasteiger charge is 2.25. The summed E-state index contributed by atoms with van der Waals surface area (Å²) in [5.74, 6) is 0.124. The summed E-state index contributed by atoms with van der Waals surface area (Å²) in [5.41, 5.74) is 1.47. The first-order chi connectivity index (χ1) is 8.52. The summed E-state index contributed by atoms with van der Waals surface area (Å²) in [6, 6.07) is 4.28. The van der Waals surface area contributed by atoms with Gasteiger partial charge in [-0.3, -0.25) is 4.90 Å². The van der Waals surface area contributed by atoms with Gasteiger partial charge in [0, 0.05) is 22.8 Å². The molecule has 1 aliphatic heterocycles. The lowest BCUT2D eigenvalue weighted by molar-refractivity contribution is 0.206. The monoisotopic (exact) mass is 266 g/mol. The van der Waals surface area contributed by atoms with Crippen molar-refractivity contribution in [1.82, 2.24) is 10.2 Å². The average Bonchev–Trinajstić information content (AvgIpc) is 2.32. The number of nitrogens with zero attached hydrogens (tertiary/aromatic N) is 1. The van der Waals surface area contributed by atoms with Crippen LogP contribution in [0.25, 0.3) is 0 Å². The number of urea groups is 1. The van der Waals surface area contributed by atoms with Gasteiger partial charge in [0.25, 0.3) is 0 Å². The van der Waals surface area contributed by atoms with E-state index < -0.39 is 0 Å². The quantitative estimate of drug-likeness (QED) is 0.864. The van der Waals surface area contributed by atoms with Gasteiger partial charge in [0.15, 0.2) is 0 Å². The van der Waals surface area contributed by atoms with Gasteiger partial charge in [-0.1, -0.05) is 11.6 Å². The van der Waals surface area contributed by atoms with Crippen molar-refractivity contribution in [3.8, 4) is 5.75 Å². The van der Waals surface area contributed by atoms with Crippen molar-refractivity contribution in [2.45, 2.75) is 19.9 Å². The molecule has 2 amide bonds. The largest absolute Gasteiger partial charge is 0.508 e. The third kappa shape index (κ3) is 2.29. The van der Waals surface area contributed by atoms with Crippen LogP contribution in [0.1, 0.15) is 25.5 Å². The number of phenols is 1. The molecule has 2 rings (SSSR count). The van der Waals surface area contributed by atoms with Gasteiger partial charge in [0.2, 0.25) is 0 Å². The smallest absolute Gasteiger partial charge is 0.322 e. The Morgan fingerprint density at radius 3 is 2.83 bits per heavy atom. The number of carbonyl (C=O) groups excluding carboxylic acids is 1. The fraction of sp³-hybridized carbons (Fsp3) is 0.308. The second-order valence-electron chi connectivity index (χ2n) is 4.18. The van der Waals surface area contributed by atoms with Gasteiger partial charge in [-0.05, 0) is 38.1 Å². The highest BCUT2D eigenvalue weighted by Crippen LogP contribution is 2.31. The third-order valence-corrected chi connectivity index (χ3v) is 3.23. The van der Waals surface area contributed by atoms with Crippen LogP contribution in [0.3, 0.4) is 0 Å². The first-order valence-electron chi connectivity index (χ1n) is 5.77. The van der Waals surface area contributed by atoms with E-state index in [1.54, 1.807) is 17.0 Å². The Hall–Kier alpha value is -1.68. The van der Waals surface area contributed by atoms with E-state index in [-0.39, 0.29) is 17.8 Å². The minimum atomic E-state index is -0.348. The molecule has 0 spiro atoms. The molecule has 1 unspecified atom stereocenters. The highest BCUT2D eigenvalue weighted by molar-refractivity contribution is 6.30. The molecule has 96 valence electrons. The van der Waals surface area contributed by atoms with Crippen LogP contribution >= 0.6 is 11.6 Å². The number of carbonyl (C=O) groups is 1. The molecular formula is C13H15ClN2O2. The van der Waals surface area contributed by atoms with Crippen molar-refractivity contribution in [1.29, 1.82) is 0 Å². The van der Waals surface area contributed by atoms with Crippen LogP contribution < -0.4 is 5.32 Å². The number of hydrogen-bond donors (Lipinski definition) is 2. The zero-order chi connectivity index (χ0) is 13.3. The molecule has 1 aromatic carbocycles. The Morgan fingerprint density at radius 2 is 2.22 bits per heavy atom. The maximum absolute atomic E-state index is 11.9. The molecule has 0 fully saturated rings. The molecule has 4 nitrogen and oxygen atoms in total. The van der Waals surface area contributed by atoms with Crippen molar-refractivity contribution in [3.63, 3.8) is 0 Å². The van der Waals surface area contributed by atoms with Crippen LogP contribution in [0.15, 0.2) is 30.0 Å². The summed E-state index contributed by atoms with van der Waals surface area (Å²) in [6.45, 7) is 4.40. The van der Waals surface area contributed by atoms with Crippen LogP contribution in [0.5, 0.6) is 5.75 Å². The van der Waals surface area contributed by atoms with E-state index in [1.165, 1.54) is 6.07 Å². The SMILES string of the molecule is CCN1C(=O)NC(c2cc(Cl)ccc2O)C=C1C. The molecule has 1 heterocycles. The predicted molar refractivity (Wildman–Crippen MR) is 70.5 cm³/mol. The van der Waals surface area contributed by atoms with Gasteiger partial charge in [-0.15, -0.1) is 0 Å². The Kier molecular flexibility index (Phi) is 3.48. The number of nitrogens with one attached hydrogen (secondary N) is 1. The van der Waals surface area contributed by atoms with Crippen molar-refractivity contribution in [2.75, 3.05) is 6.54 Å². The molecule has 0 aliphatic carbocycles.